The highest BCUT2D eigenvalue weighted by molar-refractivity contribution is 7.89. The molecule has 31 heavy (non-hydrogen) atoms. The molecule has 0 aromatic heterocycles. The fourth-order valence-electron chi connectivity index (χ4n) is 3.27. The quantitative estimate of drug-likeness (QED) is 0.646. The van der Waals surface area contributed by atoms with Gasteiger partial charge in [0.1, 0.15) is 0 Å². The van der Waals surface area contributed by atoms with E-state index in [-0.39, 0.29) is 16.7 Å². The van der Waals surface area contributed by atoms with Crippen LogP contribution >= 0.6 is 0 Å². The molecule has 1 heterocycles. The number of carbonyl (C=O) groups is 2. The summed E-state index contributed by atoms with van der Waals surface area (Å²) in [6.45, 7) is 3.34. The monoisotopic (exact) mass is 445 g/mol. The van der Waals surface area contributed by atoms with Crippen molar-refractivity contribution in [3.63, 3.8) is 0 Å². The molecular formula is C22H27N3O5S. The van der Waals surface area contributed by atoms with Gasteiger partial charge in [-0.05, 0) is 41.8 Å². The molecule has 2 N–H and O–H groups in total. The van der Waals surface area contributed by atoms with E-state index in [0.29, 0.717) is 51.4 Å². The molecule has 1 saturated heterocycles. The topological polar surface area (TPSA) is 105 Å². The van der Waals surface area contributed by atoms with Crippen molar-refractivity contribution in [3.8, 4) is 0 Å². The maximum Gasteiger partial charge on any atom is 0.243 e. The van der Waals surface area contributed by atoms with E-state index in [1.165, 1.54) is 11.2 Å². The lowest BCUT2D eigenvalue weighted by molar-refractivity contribution is -0.121. The number of nitrogens with zero attached hydrogens (tertiary/aromatic N) is 1. The van der Waals surface area contributed by atoms with E-state index in [9.17, 15) is 18.0 Å². The van der Waals surface area contributed by atoms with E-state index < -0.39 is 10.0 Å². The molecule has 0 aliphatic carbocycles. The first-order chi connectivity index (χ1) is 14.8. The van der Waals surface area contributed by atoms with Crippen molar-refractivity contribution in [1.82, 2.24) is 9.62 Å². The van der Waals surface area contributed by atoms with Crippen LogP contribution in [0.25, 0.3) is 0 Å². The normalized spacial score (nSPS) is 14.7. The summed E-state index contributed by atoms with van der Waals surface area (Å²) >= 11 is 0. The summed E-state index contributed by atoms with van der Waals surface area (Å²) in [6.07, 6.45) is 0.802. The van der Waals surface area contributed by atoms with Crippen LogP contribution in [0.1, 0.15) is 24.5 Å². The molecule has 0 saturated carbocycles. The van der Waals surface area contributed by atoms with Crippen LogP contribution < -0.4 is 10.6 Å². The van der Waals surface area contributed by atoms with Crippen molar-refractivity contribution in [3.05, 3.63) is 59.7 Å². The van der Waals surface area contributed by atoms with Crippen LogP contribution in [0.15, 0.2) is 53.4 Å². The average molecular weight is 446 g/mol. The molecule has 9 heteroatoms. The summed E-state index contributed by atoms with van der Waals surface area (Å²) in [7, 11) is -3.51. The van der Waals surface area contributed by atoms with E-state index in [4.69, 9.17) is 4.74 Å². The standard InChI is InChI=1S/C22H27N3O5S/c1-17(26)24-20-4-2-3-19(15-20)16-23-22(27)10-7-18-5-8-21(9-6-18)31(28,29)25-11-13-30-14-12-25/h2-6,8-9,15H,7,10-14,16H2,1H3,(H,23,27)(H,24,26). The number of benzene rings is 2. The molecule has 166 valence electrons. The molecule has 1 aliphatic rings. The highest BCUT2D eigenvalue weighted by Gasteiger charge is 2.26. The molecule has 0 atom stereocenters. The molecule has 2 aromatic carbocycles. The highest BCUT2D eigenvalue weighted by atomic mass is 32.2. The number of carbonyl (C=O) groups excluding carboxylic acids is 2. The van der Waals surface area contributed by atoms with Crippen molar-refractivity contribution in [2.45, 2.75) is 31.2 Å². The number of aryl methyl sites for hydroxylation is 1. The van der Waals surface area contributed by atoms with Crippen molar-refractivity contribution in [2.24, 2.45) is 0 Å². The van der Waals surface area contributed by atoms with Gasteiger partial charge in [-0.25, -0.2) is 8.42 Å². The van der Waals surface area contributed by atoms with Gasteiger partial charge in [0.15, 0.2) is 0 Å². The van der Waals surface area contributed by atoms with Gasteiger partial charge in [-0.1, -0.05) is 24.3 Å². The molecule has 2 amide bonds. The number of rotatable bonds is 8. The van der Waals surface area contributed by atoms with E-state index in [0.717, 1.165) is 11.1 Å². The Morgan fingerprint density at radius 2 is 1.74 bits per heavy atom. The second-order valence-corrected chi connectivity index (χ2v) is 9.26. The number of hydrogen-bond acceptors (Lipinski definition) is 5. The SMILES string of the molecule is CC(=O)Nc1cccc(CNC(=O)CCc2ccc(S(=O)(=O)N3CCOCC3)cc2)c1. The average Bonchev–Trinajstić information content (AvgIpc) is 2.77. The summed E-state index contributed by atoms with van der Waals surface area (Å²) < 4.78 is 31.9. The summed E-state index contributed by atoms with van der Waals surface area (Å²) in [4.78, 5) is 23.6. The highest BCUT2D eigenvalue weighted by Crippen LogP contribution is 2.18. The van der Waals surface area contributed by atoms with Gasteiger partial charge < -0.3 is 15.4 Å². The lowest BCUT2D eigenvalue weighted by atomic mass is 10.1. The van der Waals surface area contributed by atoms with E-state index >= 15 is 0 Å². The first-order valence-electron chi connectivity index (χ1n) is 10.1. The molecular weight excluding hydrogens is 418 g/mol. The molecule has 0 radical (unpaired) electrons. The number of sulfonamides is 1. The smallest absolute Gasteiger partial charge is 0.243 e. The van der Waals surface area contributed by atoms with Crippen LogP contribution in [0.4, 0.5) is 5.69 Å². The van der Waals surface area contributed by atoms with Crippen molar-refractivity contribution < 1.29 is 22.7 Å². The van der Waals surface area contributed by atoms with Crippen molar-refractivity contribution >= 4 is 27.5 Å². The van der Waals surface area contributed by atoms with Gasteiger partial charge in [-0.15, -0.1) is 0 Å². The number of nitrogens with one attached hydrogen (secondary N) is 2. The second kappa shape index (κ2) is 10.5. The van der Waals surface area contributed by atoms with E-state index in [1.54, 1.807) is 30.3 Å². The molecule has 0 unspecified atom stereocenters. The minimum absolute atomic E-state index is 0.102. The lowest BCUT2D eigenvalue weighted by Gasteiger charge is -2.26. The van der Waals surface area contributed by atoms with E-state index in [2.05, 4.69) is 10.6 Å². The van der Waals surface area contributed by atoms with Crippen LogP contribution in [0, 0.1) is 0 Å². The summed E-state index contributed by atoms with van der Waals surface area (Å²) in [5, 5.41) is 5.57. The third-order valence-electron chi connectivity index (χ3n) is 4.91. The Morgan fingerprint density at radius 1 is 1.03 bits per heavy atom. The largest absolute Gasteiger partial charge is 0.379 e. The number of morpholine rings is 1. The Balaban J connectivity index is 1.49. The molecule has 2 aromatic rings. The van der Waals surface area contributed by atoms with Crippen LogP contribution in [-0.4, -0.2) is 50.8 Å². The van der Waals surface area contributed by atoms with Gasteiger partial charge in [0.05, 0.1) is 18.1 Å². The Hall–Kier alpha value is -2.75. The van der Waals surface area contributed by atoms with Crippen LogP contribution in [0.2, 0.25) is 0 Å². The zero-order chi connectivity index (χ0) is 22.3. The number of anilines is 1. The number of ether oxygens (including phenoxy) is 1. The maximum absolute atomic E-state index is 12.7. The van der Waals surface area contributed by atoms with E-state index in [1.807, 2.05) is 18.2 Å². The van der Waals surface area contributed by atoms with Gasteiger partial charge in [0.25, 0.3) is 0 Å². The minimum atomic E-state index is -3.51. The van der Waals surface area contributed by atoms with Crippen molar-refractivity contribution in [1.29, 1.82) is 0 Å². The molecule has 3 rings (SSSR count). The van der Waals surface area contributed by atoms with Gasteiger partial charge in [0, 0.05) is 38.7 Å². The van der Waals surface area contributed by atoms with Crippen LogP contribution in [0.5, 0.6) is 0 Å². The lowest BCUT2D eigenvalue weighted by Crippen LogP contribution is -2.40. The Morgan fingerprint density at radius 3 is 2.42 bits per heavy atom. The predicted molar refractivity (Wildman–Crippen MR) is 117 cm³/mol. The fraction of sp³-hybridized carbons (Fsp3) is 0.364. The third kappa shape index (κ3) is 6.61. The van der Waals surface area contributed by atoms with Gasteiger partial charge >= 0.3 is 0 Å². The summed E-state index contributed by atoms with van der Waals surface area (Å²) in [5.74, 6) is -0.250. The first kappa shape index (κ1) is 22.9. The van der Waals surface area contributed by atoms with Gasteiger partial charge in [-0.3, -0.25) is 9.59 Å². The molecule has 1 aliphatic heterocycles. The second-order valence-electron chi connectivity index (χ2n) is 7.32. The number of hydrogen-bond donors (Lipinski definition) is 2. The Bertz CT molecular complexity index is 1020. The molecule has 0 spiro atoms. The predicted octanol–water partition coefficient (Wildman–Crippen LogP) is 1.91. The van der Waals surface area contributed by atoms with Crippen LogP contribution in [-0.2, 0) is 37.3 Å². The zero-order valence-corrected chi connectivity index (χ0v) is 18.3. The van der Waals surface area contributed by atoms with Gasteiger partial charge in [0.2, 0.25) is 21.8 Å². The zero-order valence-electron chi connectivity index (χ0n) is 17.5. The number of amides is 2. The molecule has 0 bridgehead atoms. The summed E-state index contributed by atoms with van der Waals surface area (Å²) in [5.41, 5.74) is 2.47. The molecule has 8 nitrogen and oxygen atoms in total. The Kier molecular flexibility index (Phi) is 7.78. The fourth-order valence-corrected chi connectivity index (χ4v) is 4.68. The summed E-state index contributed by atoms with van der Waals surface area (Å²) in [6, 6.07) is 14.0. The first-order valence-corrected chi connectivity index (χ1v) is 11.6. The van der Waals surface area contributed by atoms with Crippen molar-refractivity contribution in [2.75, 3.05) is 31.6 Å². The third-order valence-corrected chi connectivity index (χ3v) is 6.82. The molecule has 1 fully saturated rings. The van der Waals surface area contributed by atoms with Gasteiger partial charge in [-0.2, -0.15) is 4.31 Å². The Labute approximate surface area is 182 Å². The maximum atomic E-state index is 12.7. The minimum Gasteiger partial charge on any atom is -0.379 e. The van der Waals surface area contributed by atoms with Crippen LogP contribution in [0.3, 0.4) is 0 Å².